The second-order valence-corrected chi connectivity index (χ2v) is 21.3. The molecule has 1 aliphatic rings. The van der Waals surface area contributed by atoms with Crippen molar-refractivity contribution in [3.05, 3.63) is 0 Å². The summed E-state index contributed by atoms with van der Waals surface area (Å²) in [4.78, 5) is 0. The van der Waals surface area contributed by atoms with Crippen LogP contribution in [0.5, 0.6) is 0 Å². The summed E-state index contributed by atoms with van der Waals surface area (Å²) in [5.41, 5.74) is 0. The van der Waals surface area contributed by atoms with Gasteiger partial charge in [-0.05, 0) is 62.3 Å². The average Bonchev–Trinajstić information content (AvgIpc) is 2.73. The van der Waals surface area contributed by atoms with Gasteiger partial charge in [0.15, 0.2) is 0 Å². The van der Waals surface area contributed by atoms with Crippen molar-refractivity contribution < 1.29 is 0 Å². The van der Waals surface area contributed by atoms with E-state index in [4.69, 9.17) is 0 Å². The Balaban J connectivity index is 3.39. The van der Waals surface area contributed by atoms with E-state index in [0.717, 1.165) is 0 Å². The van der Waals surface area contributed by atoms with Crippen LogP contribution in [0.4, 0.5) is 0 Å². The van der Waals surface area contributed by atoms with Gasteiger partial charge >= 0.3 is 22.6 Å². The van der Waals surface area contributed by atoms with Gasteiger partial charge in [0.05, 0.1) is 77.7 Å². The van der Waals surface area contributed by atoms with Crippen molar-refractivity contribution in [2.45, 2.75) is 62.3 Å². The van der Waals surface area contributed by atoms with Crippen molar-refractivity contribution in [2.24, 2.45) is 0 Å². The van der Waals surface area contributed by atoms with Gasteiger partial charge < -0.3 is 0 Å². The van der Waals surface area contributed by atoms with E-state index in [2.05, 4.69) is 98.4 Å². The van der Waals surface area contributed by atoms with E-state index in [9.17, 15) is 0 Å². The summed E-state index contributed by atoms with van der Waals surface area (Å²) in [5.74, 6) is 0. The predicted octanol–water partition coefficient (Wildman–Crippen LogP) is 5.49. The Morgan fingerprint density at radius 2 is 0.519 bits per heavy atom. The molecule has 0 atom stereocenters. The van der Waals surface area contributed by atoms with Crippen LogP contribution in [0.2, 0.25) is 0 Å². The molecule has 1 aliphatic heterocycles. The molecule has 153 valence electrons. The molecule has 0 bridgehead atoms. The minimum Gasteiger partial charge on any atom is -0.223 e. The van der Waals surface area contributed by atoms with E-state index in [1.54, 1.807) is 0 Å². The van der Waals surface area contributed by atoms with Crippen molar-refractivity contribution in [3.8, 4) is 0 Å². The third kappa shape index (κ3) is 5.17. The quantitative estimate of drug-likeness (QED) is 0.301. The Morgan fingerprint density at radius 1 is 0.370 bits per heavy atom. The molecule has 0 aromatic heterocycles. The first kappa shape index (κ1) is 26.4. The minimum atomic E-state index is -1.14. The van der Waals surface area contributed by atoms with Crippen molar-refractivity contribution in [3.63, 3.8) is 0 Å². The summed E-state index contributed by atoms with van der Waals surface area (Å²) in [5, 5.41) is 0. The third-order valence-corrected chi connectivity index (χ3v) is 21.6. The maximum absolute atomic E-state index is 2.73. The van der Waals surface area contributed by atoms with Gasteiger partial charge in [0.25, 0.3) is 0 Å². The standard InChI is InChI=1S/C18H45B3N3P3/c1-10-25(11-2,12-3)22-19-23(26(13-4,14-5)15-6)21-24(20-22)27(16-7,17-8)18-9/h10-18H2,1-9H3/q+3. The molecule has 0 aromatic carbocycles. The minimum absolute atomic E-state index is 1.14. The van der Waals surface area contributed by atoms with Gasteiger partial charge in [-0.2, -0.15) is 0 Å². The van der Waals surface area contributed by atoms with Gasteiger partial charge in [-0.25, -0.2) is 13.5 Å². The maximum atomic E-state index is 2.73. The zero-order valence-electron chi connectivity index (χ0n) is 19.8. The fourth-order valence-electron chi connectivity index (χ4n) is 4.59. The van der Waals surface area contributed by atoms with Crippen LogP contribution in [0.15, 0.2) is 0 Å². The predicted molar refractivity (Wildman–Crippen MR) is 138 cm³/mol. The summed E-state index contributed by atoms with van der Waals surface area (Å²) in [6.45, 7) is 21.7. The molecule has 0 saturated carbocycles. The molecule has 0 N–H and O–H groups in total. The molecule has 0 unspecified atom stereocenters. The van der Waals surface area contributed by atoms with E-state index in [0.29, 0.717) is 0 Å². The van der Waals surface area contributed by atoms with Crippen LogP contribution in [0, 0.1) is 0 Å². The Labute approximate surface area is 176 Å². The van der Waals surface area contributed by atoms with Crippen LogP contribution < -0.4 is 0 Å². The first-order chi connectivity index (χ1) is 12.9. The Bertz CT molecular complexity index is 341. The van der Waals surface area contributed by atoms with Gasteiger partial charge in [0.1, 0.15) is 0 Å². The molecule has 3 radical (unpaired) electrons. The SMILES string of the molecule is CC[P+](CC)(CC)N1[B]N([P+](CC)(CC)CC)[B]N([P+](CC)(CC)CC)[B]1. The van der Waals surface area contributed by atoms with E-state index in [1.165, 1.54) is 55.5 Å². The van der Waals surface area contributed by atoms with Crippen molar-refractivity contribution >= 4 is 44.9 Å². The van der Waals surface area contributed by atoms with E-state index >= 15 is 0 Å². The number of hydrogen-bond acceptors (Lipinski definition) is 3. The molecule has 1 rings (SSSR count). The lowest BCUT2D eigenvalue weighted by atomic mass is 9.84. The van der Waals surface area contributed by atoms with Gasteiger partial charge in [-0.3, -0.25) is 0 Å². The fourth-order valence-corrected chi connectivity index (χ4v) is 13.8. The molecule has 9 heteroatoms. The van der Waals surface area contributed by atoms with Crippen molar-refractivity contribution in [1.82, 2.24) is 13.5 Å². The Kier molecular flexibility index (Phi) is 11.4. The summed E-state index contributed by atoms with van der Waals surface area (Å²) in [6.07, 6.45) is 11.8. The van der Waals surface area contributed by atoms with E-state index in [-0.39, 0.29) is 0 Å². The van der Waals surface area contributed by atoms with Gasteiger partial charge in [0.2, 0.25) is 0 Å². The van der Waals surface area contributed by atoms with Crippen LogP contribution in [-0.4, -0.2) is 91.6 Å². The number of hydrogen-bond donors (Lipinski definition) is 0. The fraction of sp³-hybridized carbons (Fsp3) is 1.00. The number of rotatable bonds is 12. The molecule has 1 saturated heterocycles. The smallest absolute Gasteiger partial charge is 0.223 e. The Morgan fingerprint density at radius 3 is 0.630 bits per heavy atom. The van der Waals surface area contributed by atoms with E-state index in [1.807, 2.05) is 0 Å². The Hall–Kier alpha value is 1.36. The van der Waals surface area contributed by atoms with Crippen LogP contribution in [0.1, 0.15) is 62.3 Å². The summed E-state index contributed by atoms with van der Waals surface area (Å²) in [6, 6.07) is 0. The lowest BCUT2D eigenvalue weighted by molar-refractivity contribution is 0.784. The third-order valence-electron chi connectivity index (χ3n) is 7.48. The first-order valence-corrected chi connectivity index (χ1v) is 18.3. The molecule has 0 spiro atoms. The second kappa shape index (κ2) is 11.7. The van der Waals surface area contributed by atoms with Gasteiger partial charge in [-0.1, -0.05) is 0 Å². The normalized spacial score (nSPS) is 18.1. The van der Waals surface area contributed by atoms with Crippen LogP contribution in [-0.2, 0) is 0 Å². The molecular formula is C18H45B3N3P3+3. The number of nitrogens with zero attached hydrogens (tertiary/aromatic N) is 3. The second-order valence-electron chi connectivity index (χ2n) is 7.62. The molecule has 3 nitrogen and oxygen atoms in total. The lowest BCUT2D eigenvalue weighted by Crippen LogP contribution is -2.61. The largest absolute Gasteiger partial charge is 0.367 e. The van der Waals surface area contributed by atoms with Gasteiger partial charge in [-0.15, -0.1) is 0 Å². The molecule has 0 aromatic rings. The molecule has 1 fully saturated rings. The monoisotopic (exact) mass is 429 g/mol. The zero-order chi connectivity index (χ0) is 20.7. The van der Waals surface area contributed by atoms with Crippen LogP contribution >= 0.6 is 22.2 Å². The summed E-state index contributed by atoms with van der Waals surface area (Å²) in [7, 11) is 4.22. The van der Waals surface area contributed by atoms with Crippen molar-refractivity contribution in [2.75, 3.05) is 55.5 Å². The molecule has 0 aliphatic carbocycles. The molecular weight excluding hydrogens is 384 g/mol. The van der Waals surface area contributed by atoms with Gasteiger partial charge in [0, 0.05) is 0 Å². The maximum Gasteiger partial charge on any atom is 0.367 e. The lowest BCUT2D eigenvalue weighted by Gasteiger charge is -2.49. The molecule has 27 heavy (non-hydrogen) atoms. The average molecular weight is 429 g/mol. The topological polar surface area (TPSA) is 9.72 Å². The summed E-state index contributed by atoms with van der Waals surface area (Å²) >= 11 is 0. The highest BCUT2D eigenvalue weighted by molar-refractivity contribution is 7.80. The van der Waals surface area contributed by atoms with Crippen LogP contribution in [0.25, 0.3) is 0 Å². The highest BCUT2D eigenvalue weighted by Gasteiger charge is 2.57. The molecule has 0 amide bonds. The molecule has 1 heterocycles. The van der Waals surface area contributed by atoms with Crippen LogP contribution in [0.3, 0.4) is 0 Å². The van der Waals surface area contributed by atoms with E-state index < -0.39 is 22.2 Å². The first-order valence-electron chi connectivity index (χ1n) is 11.4. The zero-order valence-corrected chi connectivity index (χ0v) is 22.5. The highest BCUT2D eigenvalue weighted by atomic mass is 31.2. The summed E-state index contributed by atoms with van der Waals surface area (Å²) < 4.78 is 8.20. The van der Waals surface area contributed by atoms with Crippen molar-refractivity contribution in [1.29, 1.82) is 0 Å². The highest BCUT2D eigenvalue weighted by Crippen LogP contribution is 2.69.